The number of likely N-dealkylation sites (tertiary alicyclic amines) is 1. The Morgan fingerprint density at radius 3 is 2.79 bits per heavy atom. The highest BCUT2D eigenvalue weighted by molar-refractivity contribution is 5.96. The summed E-state index contributed by atoms with van der Waals surface area (Å²) in [6.45, 7) is 6.70. The molecule has 0 radical (unpaired) electrons. The van der Waals surface area contributed by atoms with E-state index >= 15 is 0 Å². The van der Waals surface area contributed by atoms with Gasteiger partial charge < -0.3 is 10.1 Å². The number of piperidine rings is 1. The van der Waals surface area contributed by atoms with E-state index in [1.807, 2.05) is 31.3 Å². The lowest BCUT2D eigenvalue weighted by Crippen LogP contribution is -2.44. The van der Waals surface area contributed by atoms with Crippen LogP contribution in [0.1, 0.15) is 55.6 Å². The Labute approximate surface area is 166 Å². The van der Waals surface area contributed by atoms with E-state index in [0.717, 1.165) is 35.5 Å². The minimum Gasteiger partial charge on any atom is -0.488 e. The van der Waals surface area contributed by atoms with Crippen molar-refractivity contribution in [2.24, 2.45) is 7.05 Å². The van der Waals surface area contributed by atoms with E-state index in [0.29, 0.717) is 30.9 Å². The van der Waals surface area contributed by atoms with Crippen molar-refractivity contribution in [2.45, 2.75) is 58.2 Å². The van der Waals surface area contributed by atoms with Gasteiger partial charge in [-0.1, -0.05) is 18.6 Å². The third kappa shape index (κ3) is 3.53. The van der Waals surface area contributed by atoms with Gasteiger partial charge in [-0.2, -0.15) is 5.10 Å². The number of fused-ring (bicyclic) bond motifs is 3. The minimum atomic E-state index is -0.112. The monoisotopic (exact) mass is 382 g/mol. The van der Waals surface area contributed by atoms with Crippen molar-refractivity contribution in [1.29, 1.82) is 0 Å². The minimum absolute atomic E-state index is 0.112. The summed E-state index contributed by atoms with van der Waals surface area (Å²) in [5, 5.41) is 7.56. The molecule has 1 amide bonds. The molecule has 0 saturated carbocycles. The van der Waals surface area contributed by atoms with Gasteiger partial charge in [0.15, 0.2) is 5.69 Å². The van der Waals surface area contributed by atoms with Crippen LogP contribution in [0.4, 0.5) is 0 Å². The Balaban J connectivity index is 1.39. The van der Waals surface area contributed by atoms with E-state index in [4.69, 9.17) is 4.74 Å². The number of benzene rings is 1. The maximum atomic E-state index is 12.8. The highest BCUT2D eigenvalue weighted by Crippen LogP contribution is 2.38. The molecule has 3 heterocycles. The standard InChI is InChI=1S/C22H30N4O2/c1-15-8-6-9-16(2)26(15)13-7-12-23-22(27)20-18-14-28-19-11-5-4-10-17(19)21(18)25(3)24-20/h4-5,10-11,15-16H,6-9,12-14H2,1-3H3,(H,23,27)/t15-,16-/m0/s1. The smallest absolute Gasteiger partial charge is 0.272 e. The molecule has 0 bridgehead atoms. The highest BCUT2D eigenvalue weighted by Gasteiger charge is 2.28. The third-order valence-electron chi connectivity index (χ3n) is 6.13. The van der Waals surface area contributed by atoms with Crippen LogP contribution in [0.3, 0.4) is 0 Å². The highest BCUT2D eigenvalue weighted by atomic mass is 16.5. The molecule has 1 saturated heterocycles. The number of ether oxygens (including phenoxy) is 1. The van der Waals surface area contributed by atoms with E-state index in [1.54, 1.807) is 4.68 Å². The Kier molecular flexibility index (Phi) is 5.40. The van der Waals surface area contributed by atoms with E-state index in [2.05, 4.69) is 29.2 Å². The second kappa shape index (κ2) is 7.95. The van der Waals surface area contributed by atoms with Gasteiger partial charge in [-0.25, -0.2) is 0 Å². The zero-order valence-corrected chi connectivity index (χ0v) is 17.1. The van der Waals surface area contributed by atoms with Crippen molar-refractivity contribution in [3.05, 3.63) is 35.5 Å². The second-order valence-corrected chi connectivity index (χ2v) is 8.06. The average Bonchev–Trinajstić information content (AvgIpc) is 3.04. The topological polar surface area (TPSA) is 59.4 Å². The van der Waals surface area contributed by atoms with Gasteiger partial charge >= 0.3 is 0 Å². The number of amides is 1. The third-order valence-corrected chi connectivity index (χ3v) is 6.13. The predicted molar refractivity (Wildman–Crippen MR) is 109 cm³/mol. The van der Waals surface area contributed by atoms with Crippen LogP contribution in [0.5, 0.6) is 5.75 Å². The number of carbonyl (C=O) groups is 1. The number of aryl methyl sites for hydroxylation is 1. The van der Waals surface area contributed by atoms with Crippen molar-refractivity contribution in [2.75, 3.05) is 13.1 Å². The van der Waals surface area contributed by atoms with Crippen molar-refractivity contribution in [3.63, 3.8) is 0 Å². The van der Waals surface area contributed by atoms with Gasteiger partial charge in [0.2, 0.25) is 0 Å². The molecule has 0 aliphatic carbocycles. The number of carbonyl (C=O) groups excluding carboxylic acids is 1. The number of hydrogen-bond acceptors (Lipinski definition) is 4. The first kappa shape index (κ1) is 19.0. The molecule has 1 aromatic carbocycles. The molecular weight excluding hydrogens is 352 g/mol. The fourth-order valence-corrected chi connectivity index (χ4v) is 4.62. The molecule has 2 atom stereocenters. The van der Waals surface area contributed by atoms with Crippen LogP contribution in [-0.4, -0.2) is 45.8 Å². The number of nitrogens with one attached hydrogen (secondary N) is 1. The number of rotatable bonds is 5. The van der Waals surface area contributed by atoms with E-state index in [9.17, 15) is 4.79 Å². The number of hydrogen-bond donors (Lipinski definition) is 1. The van der Waals surface area contributed by atoms with Gasteiger partial charge in [-0.3, -0.25) is 14.4 Å². The first-order chi connectivity index (χ1) is 13.6. The second-order valence-electron chi connectivity index (χ2n) is 8.06. The summed E-state index contributed by atoms with van der Waals surface area (Å²) < 4.78 is 7.64. The molecular formula is C22H30N4O2. The van der Waals surface area contributed by atoms with Gasteiger partial charge in [0.25, 0.3) is 5.91 Å². The fourth-order valence-electron chi connectivity index (χ4n) is 4.62. The predicted octanol–water partition coefficient (Wildman–Crippen LogP) is 3.36. The zero-order chi connectivity index (χ0) is 19.7. The van der Waals surface area contributed by atoms with Crippen LogP contribution >= 0.6 is 0 Å². The van der Waals surface area contributed by atoms with Crippen molar-refractivity contribution < 1.29 is 9.53 Å². The van der Waals surface area contributed by atoms with E-state index < -0.39 is 0 Å². The van der Waals surface area contributed by atoms with Gasteiger partial charge in [0.1, 0.15) is 12.4 Å². The van der Waals surface area contributed by atoms with Gasteiger partial charge in [-0.15, -0.1) is 0 Å². The van der Waals surface area contributed by atoms with Gasteiger partial charge in [0.05, 0.1) is 5.69 Å². The molecule has 150 valence electrons. The summed E-state index contributed by atoms with van der Waals surface area (Å²) in [5.41, 5.74) is 3.32. The summed E-state index contributed by atoms with van der Waals surface area (Å²) in [6.07, 6.45) is 4.83. The van der Waals surface area contributed by atoms with Crippen LogP contribution < -0.4 is 10.1 Å². The Bertz CT molecular complexity index is 850. The van der Waals surface area contributed by atoms with Gasteiger partial charge in [0, 0.05) is 43.3 Å². The van der Waals surface area contributed by atoms with Crippen LogP contribution in [0.25, 0.3) is 11.3 Å². The maximum Gasteiger partial charge on any atom is 0.272 e. The fraction of sp³-hybridized carbons (Fsp3) is 0.545. The molecule has 1 aromatic heterocycles. The Morgan fingerprint density at radius 2 is 2.00 bits per heavy atom. The number of aromatic nitrogens is 2. The molecule has 1 fully saturated rings. The largest absolute Gasteiger partial charge is 0.488 e. The van der Waals surface area contributed by atoms with Crippen LogP contribution in [0, 0.1) is 0 Å². The first-order valence-electron chi connectivity index (χ1n) is 10.4. The molecule has 0 unspecified atom stereocenters. The van der Waals surface area contributed by atoms with Crippen LogP contribution in [0.15, 0.2) is 24.3 Å². The molecule has 6 heteroatoms. The maximum absolute atomic E-state index is 12.8. The van der Waals surface area contributed by atoms with E-state index in [-0.39, 0.29) is 5.91 Å². The summed E-state index contributed by atoms with van der Waals surface area (Å²) in [6, 6.07) is 9.18. The van der Waals surface area contributed by atoms with Crippen molar-refractivity contribution >= 4 is 5.91 Å². The molecule has 4 rings (SSSR count). The van der Waals surface area contributed by atoms with Crippen LogP contribution in [-0.2, 0) is 13.7 Å². The lowest BCUT2D eigenvalue weighted by atomic mass is 9.97. The quantitative estimate of drug-likeness (QED) is 0.806. The Morgan fingerprint density at radius 1 is 1.25 bits per heavy atom. The number of nitrogens with zero attached hydrogens (tertiary/aromatic N) is 3. The molecule has 1 N–H and O–H groups in total. The summed E-state index contributed by atoms with van der Waals surface area (Å²) >= 11 is 0. The lowest BCUT2D eigenvalue weighted by molar-refractivity contribution is 0.0919. The zero-order valence-electron chi connectivity index (χ0n) is 17.1. The van der Waals surface area contributed by atoms with Crippen LogP contribution in [0.2, 0.25) is 0 Å². The molecule has 2 aromatic rings. The molecule has 0 spiro atoms. The summed E-state index contributed by atoms with van der Waals surface area (Å²) in [7, 11) is 1.89. The van der Waals surface area contributed by atoms with Crippen molar-refractivity contribution in [1.82, 2.24) is 20.0 Å². The summed E-state index contributed by atoms with van der Waals surface area (Å²) in [5.74, 6) is 0.731. The van der Waals surface area contributed by atoms with Crippen molar-refractivity contribution in [3.8, 4) is 17.0 Å². The normalized spacial score (nSPS) is 21.5. The average molecular weight is 383 g/mol. The summed E-state index contributed by atoms with van der Waals surface area (Å²) in [4.78, 5) is 15.3. The molecule has 6 nitrogen and oxygen atoms in total. The molecule has 2 aliphatic heterocycles. The van der Waals surface area contributed by atoms with Gasteiger partial charge in [-0.05, 0) is 45.2 Å². The lowest BCUT2D eigenvalue weighted by Gasteiger charge is -2.39. The van der Waals surface area contributed by atoms with E-state index in [1.165, 1.54) is 19.3 Å². The number of para-hydroxylation sites is 1. The molecule has 2 aliphatic rings. The SMILES string of the molecule is C[C@H]1CCC[C@H](C)N1CCCNC(=O)c1nn(C)c2c1COc1ccccc1-2. The first-order valence-corrected chi connectivity index (χ1v) is 10.4. The Hall–Kier alpha value is -2.34. The molecule has 28 heavy (non-hydrogen) atoms.